The second-order valence-electron chi connectivity index (χ2n) is 3.10. The molecule has 2 rings (SSSR count). The third-order valence-electron chi connectivity index (χ3n) is 2.03. The van der Waals surface area contributed by atoms with Gasteiger partial charge in [-0.3, -0.25) is 4.79 Å². The first kappa shape index (κ1) is 10.7. The predicted octanol–water partition coefficient (Wildman–Crippen LogP) is 1.76. The van der Waals surface area contributed by atoms with Gasteiger partial charge in [-0.25, -0.2) is 0 Å². The van der Waals surface area contributed by atoms with E-state index in [4.69, 9.17) is 22.1 Å². The number of nitrogens with two attached hydrogens (primary N) is 1. The Hall–Kier alpha value is -0.780. The van der Waals surface area contributed by atoms with Gasteiger partial charge in [0.25, 0.3) is 5.91 Å². The minimum absolute atomic E-state index is 0.139. The SMILES string of the molecule is NCC1Oc2c(Br)cc(Cl)cc2NC1=O. The van der Waals surface area contributed by atoms with Gasteiger partial charge in [0.05, 0.1) is 10.2 Å². The molecule has 0 radical (unpaired) electrons. The summed E-state index contributed by atoms with van der Waals surface area (Å²) >= 11 is 9.15. The average Bonchev–Trinajstić information content (AvgIpc) is 2.16. The first-order valence-corrected chi connectivity index (χ1v) is 5.45. The van der Waals surface area contributed by atoms with E-state index in [-0.39, 0.29) is 12.5 Å². The third-order valence-corrected chi connectivity index (χ3v) is 2.84. The summed E-state index contributed by atoms with van der Waals surface area (Å²) in [7, 11) is 0. The number of anilines is 1. The molecule has 1 aliphatic heterocycles. The van der Waals surface area contributed by atoms with Crippen molar-refractivity contribution in [1.29, 1.82) is 0 Å². The van der Waals surface area contributed by atoms with E-state index in [1.165, 1.54) is 0 Å². The van der Waals surface area contributed by atoms with Gasteiger partial charge in [-0.15, -0.1) is 0 Å². The first-order chi connectivity index (χ1) is 7.11. The lowest BCUT2D eigenvalue weighted by atomic mass is 10.2. The number of ether oxygens (including phenoxy) is 1. The van der Waals surface area contributed by atoms with Gasteiger partial charge in [-0.05, 0) is 28.1 Å². The maximum absolute atomic E-state index is 11.4. The Morgan fingerprint density at radius 1 is 1.60 bits per heavy atom. The zero-order valence-electron chi connectivity index (χ0n) is 7.59. The van der Waals surface area contributed by atoms with Crippen LogP contribution >= 0.6 is 27.5 Å². The summed E-state index contributed by atoms with van der Waals surface area (Å²) in [5.41, 5.74) is 5.96. The van der Waals surface area contributed by atoms with Crippen molar-refractivity contribution in [2.75, 3.05) is 11.9 Å². The quantitative estimate of drug-likeness (QED) is 0.829. The van der Waals surface area contributed by atoms with E-state index in [9.17, 15) is 4.79 Å². The van der Waals surface area contributed by atoms with E-state index in [1.54, 1.807) is 12.1 Å². The largest absolute Gasteiger partial charge is 0.476 e. The molecular weight excluding hydrogens is 283 g/mol. The molecule has 1 aromatic carbocycles. The Bertz CT molecular complexity index is 425. The Kier molecular flexibility index (Phi) is 2.86. The highest BCUT2D eigenvalue weighted by Gasteiger charge is 2.28. The molecule has 0 aromatic heterocycles. The van der Waals surface area contributed by atoms with Crippen molar-refractivity contribution in [1.82, 2.24) is 0 Å². The Morgan fingerprint density at radius 3 is 3.00 bits per heavy atom. The number of rotatable bonds is 1. The van der Waals surface area contributed by atoms with E-state index in [2.05, 4.69) is 21.2 Å². The molecule has 1 heterocycles. The van der Waals surface area contributed by atoms with Crippen molar-refractivity contribution in [2.45, 2.75) is 6.10 Å². The van der Waals surface area contributed by atoms with E-state index in [0.717, 1.165) is 0 Å². The van der Waals surface area contributed by atoms with E-state index in [0.29, 0.717) is 20.9 Å². The second kappa shape index (κ2) is 4.00. The molecule has 15 heavy (non-hydrogen) atoms. The first-order valence-electron chi connectivity index (χ1n) is 4.28. The zero-order chi connectivity index (χ0) is 11.0. The lowest BCUT2D eigenvalue weighted by Gasteiger charge is -2.25. The van der Waals surface area contributed by atoms with Crippen LogP contribution in [0.25, 0.3) is 0 Å². The van der Waals surface area contributed by atoms with Crippen molar-refractivity contribution in [2.24, 2.45) is 5.73 Å². The number of benzene rings is 1. The van der Waals surface area contributed by atoms with Gasteiger partial charge in [0, 0.05) is 11.6 Å². The van der Waals surface area contributed by atoms with Gasteiger partial charge < -0.3 is 15.8 Å². The minimum Gasteiger partial charge on any atom is -0.476 e. The number of carbonyl (C=O) groups is 1. The van der Waals surface area contributed by atoms with Crippen molar-refractivity contribution < 1.29 is 9.53 Å². The molecule has 80 valence electrons. The fourth-order valence-electron chi connectivity index (χ4n) is 1.34. The fraction of sp³-hybridized carbons (Fsp3) is 0.222. The lowest BCUT2D eigenvalue weighted by molar-refractivity contribution is -0.123. The molecule has 4 nitrogen and oxygen atoms in total. The van der Waals surface area contributed by atoms with Crippen molar-refractivity contribution in [3.05, 3.63) is 21.6 Å². The number of amides is 1. The standard InChI is InChI=1S/C9H8BrClN2O2/c10-5-1-4(11)2-6-8(5)15-7(3-12)9(14)13-6/h1-2,7H,3,12H2,(H,13,14). The summed E-state index contributed by atoms with van der Waals surface area (Å²) in [5.74, 6) is 0.314. The van der Waals surface area contributed by atoms with Crippen LogP contribution in [0.15, 0.2) is 16.6 Å². The maximum Gasteiger partial charge on any atom is 0.266 e. The van der Waals surface area contributed by atoms with Crippen LogP contribution in [0.5, 0.6) is 5.75 Å². The molecule has 1 aromatic rings. The molecule has 1 unspecified atom stereocenters. The van der Waals surface area contributed by atoms with Crippen LogP contribution in [0.3, 0.4) is 0 Å². The molecule has 0 saturated heterocycles. The third kappa shape index (κ3) is 1.95. The minimum atomic E-state index is -0.644. The average molecular weight is 292 g/mol. The molecular formula is C9H8BrClN2O2. The molecule has 3 N–H and O–H groups in total. The van der Waals surface area contributed by atoms with Crippen molar-refractivity contribution in [3.63, 3.8) is 0 Å². The van der Waals surface area contributed by atoms with Crippen LogP contribution < -0.4 is 15.8 Å². The van der Waals surface area contributed by atoms with E-state index < -0.39 is 6.10 Å². The van der Waals surface area contributed by atoms with Crippen LogP contribution in [-0.4, -0.2) is 18.6 Å². The smallest absolute Gasteiger partial charge is 0.266 e. The predicted molar refractivity (Wildman–Crippen MR) is 61.3 cm³/mol. The van der Waals surface area contributed by atoms with E-state index >= 15 is 0 Å². The number of hydrogen-bond donors (Lipinski definition) is 2. The number of carbonyl (C=O) groups excluding carboxylic acids is 1. The van der Waals surface area contributed by atoms with Crippen LogP contribution in [0.1, 0.15) is 0 Å². The zero-order valence-corrected chi connectivity index (χ0v) is 9.93. The van der Waals surface area contributed by atoms with Crippen LogP contribution in [0.4, 0.5) is 5.69 Å². The molecule has 0 bridgehead atoms. The number of nitrogens with one attached hydrogen (secondary N) is 1. The van der Waals surface area contributed by atoms with Crippen molar-refractivity contribution in [3.8, 4) is 5.75 Å². The molecule has 1 atom stereocenters. The normalized spacial score (nSPS) is 19.1. The molecule has 0 aliphatic carbocycles. The van der Waals surface area contributed by atoms with Gasteiger partial charge >= 0.3 is 0 Å². The second-order valence-corrected chi connectivity index (χ2v) is 4.39. The molecule has 6 heteroatoms. The summed E-state index contributed by atoms with van der Waals surface area (Å²) in [4.78, 5) is 11.4. The highest BCUT2D eigenvalue weighted by Crippen LogP contribution is 2.39. The number of halogens is 2. The Balaban J connectivity index is 2.45. The molecule has 1 amide bonds. The van der Waals surface area contributed by atoms with Gasteiger partial charge in [-0.1, -0.05) is 11.6 Å². The molecule has 0 fully saturated rings. The van der Waals surface area contributed by atoms with Crippen LogP contribution in [-0.2, 0) is 4.79 Å². The topological polar surface area (TPSA) is 64.3 Å². The summed E-state index contributed by atoms with van der Waals surface area (Å²) in [6.07, 6.45) is -0.644. The fourth-order valence-corrected chi connectivity index (χ4v) is 2.24. The van der Waals surface area contributed by atoms with Gasteiger partial charge in [0.15, 0.2) is 11.9 Å². The highest BCUT2D eigenvalue weighted by atomic mass is 79.9. The van der Waals surface area contributed by atoms with Gasteiger partial charge in [-0.2, -0.15) is 0 Å². The van der Waals surface area contributed by atoms with Crippen LogP contribution in [0.2, 0.25) is 5.02 Å². The lowest BCUT2D eigenvalue weighted by Crippen LogP contribution is -2.42. The number of fused-ring (bicyclic) bond motifs is 1. The van der Waals surface area contributed by atoms with Gasteiger partial charge in [0.2, 0.25) is 0 Å². The maximum atomic E-state index is 11.4. The Morgan fingerprint density at radius 2 is 2.33 bits per heavy atom. The monoisotopic (exact) mass is 290 g/mol. The molecule has 0 saturated carbocycles. The van der Waals surface area contributed by atoms with Crippen molar-refractivity contribution >= 4 is 39.1 Å². The van der Waals surface area contributed by atoms with Crippen LogP contribution in [0, 0.1) is 0 Å². The summed E-state index contributed by atoms with van der Waals surface area (Å²) < 4.78 is 6.13. The highest BCUT2D eigenvalue weighted by molar-refractivity contribution is 9.10. The summed E-state index contributed by atoms with van der Waals surface area (Å²) in [5, 5.41) is 3.21. The molecule has 1 aliphatic rings. The Labute approximate surface area is 99.9 Å². The molecule has 0 spiro atoms. The summed E-state index contributed by atoms with van der Waals surface area (Å²) in [6, 6.07) is 3.33. The van der Waals surface area contributed by atoms with Gasteiger partial charge in [0.1, 0.15) is 0 Å². The van der Waals surface area contributed by atoms with E-state index in [1.807, 2.05) is 0 Å². The summed E-state index contributed by atoms with van der Waals surface area (Å²) in [6.45, 7) is 0.139. The number of hydrogen-bond acceptors (Lipinski definition) is 3.